The highest BCUT2D eigenvalue weighted by atomic mass is 16.1. The molecule has 0 amide bonds. The highest BCUT2D eigenvalue weighted by Crippen LogP contribution is 2.15. The number of hydrogen-bond donors (Lipinski definition) is 0. The van der Waals surface area contributed by atoms with E-state index in [1.165, 1.54) is 0 Å². The van der Waals surface area contributed by atoms with E-state index in [1.54, 1.807) is 12.4 Å². The third kappa shape index (κ3) is 2.32. The lowest BCUT2D eigenvalue weighted by Crippen LogP contribution is -2.06. The van der Waals surface area contributed by atoms with Gasteiger partial charge >= 0.3 is 0 Å². The molecule has 0 unspecified atom stereocenters. The van der Waals surface area contributed by atoms with E-state index in [4.69, 9.17) is 0 Å². The van der Waals surface area contributed by atoms with Crippen LogP contribution in [0.15, 0.2) is 48.9 Å². The lowest BCUT2D eigenvalue weighted by Gasteiger charge is -2.03. The molecule has 3 aromatic heterocycles. The quantitative estimate of drug-likeness (QED) is 0.681. The Kier molecular flexibility index (Phi) is 3.29. The maximum atomic E-state index is 12.4. The van der Waals surface area contributed by atoms with Gasteiger partial charge in [-0.05, 0) is 37.1 Å². The molecule has 3 rings (SSSR count). The van der Waals surface area contributed by atoms with E-state index in [1.807, 2.05) is 47.9 Å². The Hall–Kier alpha value is -2.49. The van der Waals surface area contributed by atoms with E-state index in [0.29, 0.717) is 18.5 Å². The first-order valence-electron chi connectivity index (χ1n) is 6.61. The second kappa shape index (κ2) is 5.25. The molecule has 3 heterocycles. The number of aryl methyl sites for hydroxylation is 2. The first-order chi connectivity index (χ1) is 9.75. The van der Waals surface area contributed by atoms with Gasteiger partial charge in [-0.2, -0.15) is 0 Å². The van der Waals surface area contributed by atoms with Crippen molar-refractivity contribution in [2.24, 2.45) is 0 Å². The van der Waals surface area contributed by atoms with Gasteiger partial charge in [0.1, 0.15) is 11.3 Å². The third-order valence-electron chi connectivity index (χ3n) is 3.33. The van der Waals surface area contributed by atoms with Gasteiger partial charge in [0.2, 0.25) is 0 Å². The van der Waals surface area contributed by atoms with Gasteiger partial charge in [-0.1, -0.05) is 12.1 Å². The van der Waals surface area contributed by atoms with Gasteiger partial charge in [-0.25, -0.2) is 4.98 Å². The predicted octanol–water partition coefficient (Wildman–Crippen LogP) is 2.85. The fraction of sp³-hybridized carbons (Fsp3) is 0.188. The van der Waals surface area contributed by atoms with Gasteiger partial charge in [-0.15, -0.1) is 0 Å². The Bertz CT molecular complexity index is 747. The summed E-state index contributed by atoms with van der Waals surface area (Å²) in [5.41, 5.74) is 3.36. The number of carbonyl (C=O) groups is 1. The van der Waals surface area contributed by atoms with Gasteiger partial charge in [-0.3, -0.25) is 14.2 Å². The van der Waals surface area contributed by atoms with Crippen LogP contribution in [0.4, 0.5) is 0 Å². The molecule has 4 heteroatoms. The summed E-state index contributed by atoms with van der Waals surface area (Å²) < 4.78 is 1.86. The molecule has 0 bridgehead atoms. The Morgan fingerprint density at radius 1 is 1.25 bits per heavy atom. The van der Waals surface area contributed by atoms with Gasteiger partial charge in [0.25, 0.3) is 0 Å². The Morgan fingerprint density at radius 2 is 2.15 bits per heavy atom. The summed E-state index contributed by atoms with van der Waals surface area (Å²) in [6.45, 7) is 1.88. The molecular formula is C16H15N3O. The van der Waals surface area contributed by atoms with E-state index in [2.05, 4.69) is 9.97 Å². The summed E-state index contributed by atoms with van der Waals surface area (Å²) >= 11 is 0. The second-order valence-electron chi connectivity index (χ2n) is 4.76. The number of ketones is 1. The molecule has 0 radical (unpaired) electrons. The van der Waals surface area contributed by atoms with Crippen LogP contribution in [0.2, 0.25) is 0 Å². The number of aromatic nitrogens is 3. The number of rotatable bonds is 4. The van der Waals surface area contributed by atoms with Crippen molar-refractivity contribution in [3.63, 3.8) is 0 Å². The molecule has 0 aliphatic rings. The largest absolute Gasteiger partial charge is 0.297 e. The Labute approximate surface area is 117 Å². The smallest absolute Gasteiger partial charge is 0.181 e. The molecule has 0 spiro atoms. The first kappa shape index (κ1) is 12.5. The zero-order valence-electron chi connectivity index (χ0n) is 11.3. The number of imidazole rings is 1. The molecule has 20 heavy (non-hydrogen) atoms. The molecule has 0 aromatic carbocycles. The molecule has 0 atom stereocenters. The first-order valence-corrected chi connectivity index (χ1v) is 6.61. The average molecular weight is 265 g/mol. The van der Waals surface area contributed by atoms with Crippen LogP contribution in [-0.4, -0.2) is 20.2 Å². The molecular weight excluding hydrogens is 250 g/mol. The lowest BCUT2D eigenvalue weighted by molar-refractivity contribution is 0.0976. The molecule has 0 aliphatic carbocycles. The van der Waals surface area contributed by atoms with Crippen LogP contribution in [0.25, 0.3) is 5.65 Å². The molecule has 0 saturated heterocycles. The third-order valence-corrected chi connectivity index (χ3v) is 3.33. The van der Waals surface area contributed by atoms with Crippen LogP contribution < -0.4 is 0 Å². The van der Waals surface area contributed by atoms with Crippen molar-refractivity contribution < 1.29 is 4.79 Å². The van der Waals surface area contributed by atoms with Gasteiger partial charge in [0, 0.05) is 25.0 Å². The summed E-state index contributed by atoms with van der Waals surface area (Å²) in [6, 6.07) is 9.61. The summed E-state index contributed by atoms with van der Waals surface area (Å²) in [5.74, 6) is 0.116. The minimum Gasteiger partial charge on any atom is -0.297 e. The van der Waals surface area contributed by atoms with Gasteiger partial charge in [0.15, 0.2) is 5.78 Å². The van der Waals surface area contributed by atoms with Gasteiger partial charge in [0.05, 0.1) is 5.69 Å². The van der Waals surface area contributed by atoms with Crippen molar-refractivity contribution in [3.8, 4) is 0 Å². The molecule has 0 aliphatic heterocycles. The number of fused-ring (bicyclic) bond motifs is 1. The van der Waals surface area contributed by atoms with Crippen molar-refractivity contribution in [1.82, 2.24) is 14.4 Å². The molecule has 4 nitrogen and oxygen atoms in total. The highest BCUT2D eigenvalue weighted by Gasteiger charge is 2.15. The van der Waals surface area contributed by atoms with Crippen LogP contribution in [0.1, 0.15) is 28.2 Å². The molecule has 0 N–H and O–H groups in total. The molecule has 3 aromatic rings. The van der Waals surface area contributed by atoms with Crippen LogP contribution >= 0.6 is 0 Å². The van der Waals surface area contributed by atoms with Crippen LogP contribution in [0, 0.1) is 6.92 Å². The number of carbonyl (C=O) groups excluding carboxylic acids is 1. The molecule has 0 fully saturated rings. The Morgan fingerprint density at radius 3 is 2.95 bits per heavy atom. The van der Waals surface area contributed by atoms with Crippen molar-refractivity contribution in [1.29, 1.82) is 0 Å². The summed E-state index contributed by atoms with van der Waals surface area (Å²) in [5, 5.41) is 0. The number of hydrogen-bond acceptors (Lipinski definition) is 3. The monoisotopic (exact) mass is 265 g/mol. The second-order valence-corrected chi connectivity index (χ2v) is 4.76. The van der Waals surface area contributed by atoms with Crippen molar-refractivity contribution in [3.05, 3.63) is 65.9 Å². The summed E-state index contributed by atoms with van der Waals surface area (Å²) in [4.78, 5) is 20.9. The topological polar surface area (TPSA) is 47.3 Å². The maximum Gasteiger partial charge on any atom is 0.181 e. The van der Waals surface area contributed by atoms with E-state index in [-0.39, 0.29) is 5.78 Å². The number of nitrogens with zero attached hydrogens (tertiary/aromatic N) is 3. The van der Waals surface area contributed by atoms with E-state index < -0.39 is 0 Å². The number of pyridine rings is 2. The summed E-state index contributed by atoms with van der Waals surface area (Å²) in [6.07, 6.45) is 6.59. The predicted molar refractivity (Wildman–Crippen MR) is 76.8 cm³/mol. The standard InChI is InChI=1S/C16H15N3O/c1-12-16(19-10-3-2-6-15(19)18-12)14(20)8-7-13-5-4-9-17-11-13/h2-6,9-11H,7-8H2,1H3. The Balaban J connectivity index is 1.84. The van der Waals surface area contributed by atoms with E-state index >= 15 is 0 Å². The normalized spacial score (nSPS) is 10.8. The highest BCUT2D eigenvalue weighted by molar-refractivity contribution is 5.96. The lowest BCUT2D eigenvalue weighted by atomic mass is 10.1. The van der Waals surface area contributed by atoms with E-state index in [9.17, 15) is 4.79 Å². The fourth-order valence-electron chi connectivity index (χ4n) is 2.37. The zero-order valence-corrected chi connectivity index (χ0v) is 11.3. The maximum absolute atomic E-state index is 12.4. The van der Waals surface area contributed by atoms with Crippen LogP contribution in [0.5, 0.6) is 0 Å². The SMILES string of the molecule is Cc1nc2ccccn2c1C(=O)CCc1cccnc1. The van der Waals surface area contributed by atoms with Crippen molar-refractivity contribution in [2.75, 3.05) is 0 Å². The van der Waals surface area contributed by atoms with E-state index in [0.717, 1.165) is 16.9 Å². The fourth-order valence-corrected chi connectivity index (χ4v) is 2.37. The van der Waals surface area contributed by atoms with Crippen LogP contribution in [-0.2, 0) is 6.42 Å². The number of Topliss-reactive ketones (excluding diaryl/α,β-unsaturated/α-hetero) is 1. The molecule has 100 valence electrons. The average Bonchev–Trinajstić information content (AvgIpc) is 2.82. The minimum atomic E-state index is 0.116. The van der Waals surface area contributed by atoms with Crippen molar-refractivity contribution >= 4 is 11.4 Å². The summed E-state index contributed by atoms with van der Waals surface area (Å²) in [7, 11) is 0. The van der Waals surface area contributed by atoms with Crippen LogP contribution in [0.3, 0.4) is 0 Å². The minimum absolute atomic E-state index is 0.116. The zero-order chi connectivity index (χ0) is 13.9. The van der Waals surface area contributed by atoms with Crippen molar-refractivity contribution in [2.45, 2.75) is 19.8 Å². The van der Waals surface area contributed by atoms with Gasteiger partial charge < -0.3 is 0 Å². The molecule has 0 saturated carbocycles.